The highest BCUT2D eigenvalue weighted by atomic mass is 19.1. The van der Waals surface area contributed by atoms with Crippen molar-refractivity contribution in [3.05, 3.63) is 48.5 Å². The van der Waals surface area contributed by atoms with E-state index in [1.54, 1.807) is 28.0 Å². The zero-order valence-corrected chi connectivity index (χ0v) is 19.9. The lowest BCUT2D eigenvalue weighted by molar-refractivity contribution is -0.121. The quantitative estimate of drug-likeness (QED) is 0.472. The smallest absolute Gasteiger partial charge is 0.230 e. The first-order chi connectivity index (χ1) is 17.6. The molecule has 1 aliphatic carbocycles. The summed E-state index contributed by atoms with van der Waals surface area (Å²) in [6, 6.07) is 9.19. The summed E-state index contributed by atoms with van der Waals surface area (Å²) in [5.41, 5.74) is 2.40. The minimum atomic E-state index is -0.370. The molecule has 7 rings (SSSR count). The standard InChI is InChI=1S/C26H26FN7O2/c1-15-14-36-9-8-32(15)24-12-20(21-13-29-34(25(21)30-24)23-6-7-28-31-23)19-5-4-18(11-22(19)27)33-17-3-2-16(10-17)26(33)35/h4-7,11-13,15-17H,2-3,8-10,14H2,1H3,(H,28,31)/t15-,16?,17?/m1/s1. The summed E-state index contributed by atoms with van der Waals surface area (Å²) >= 11 is 0. The Balaban J connectivity index is 1.37. The molecule has 3 aliphatic rings. The Labute approximate surface area is 206 Å². The molecule has 2 saturated heterocycles. The van der Waals surface area contributed by atoms with E-state index in [1.807, 2.05) is 18.2 Å². The molecule has 1 aromatic carbocycles. The van der Waals surface area contributed by atoms with Gasteiger partial charge in [-0.2, -0.15) is 14.9 Å². The molecule has 0 spiro atoms. The molecule has 184 valence electrons. The van der Waals surface area contributed by atoms with Crippen LogP contribution in [0.3, 0.4) is 0 Å². The lowest BCUT2D eigenvalue weighted by atomic mass is 10.0. The lowest BCUT2D eigenvalue weighted by Gasteiger charge is -2.34. The van der Waals surface area contributed by atoms with Gasteiger partial charge in [-0.25, -0.2) is 9.37 Å². The number of morpholine rings is 1. The number of H-pyrrole nitrogens is 1. The van der Waals surface area contributed by atoms with Crippen molar-refractivity contribution in [1.29, 1.82) is 0 Å². The number of aromatic nitrogens is 5. The molecule has 1 saturated carbocycles. The first-order valence-corrected chi connectivity index (χ1v) is 12.4. The second kappa shape index (κ2) is 8.12. The largest absolute Gasteiger partial charge is 0.377 e. The van der Waals surface area contributed by atoms with Gasteiger partial charge >= 0.3 is 0 Å². The molecule has 1 amide bonds. The summed E-state index contributed by atoms with van der Waals surface area (Å²) in [5.74, 6) is 1.25. The number of benzene rings is 1. The molecule has 36 heavy (non-hydrogen) atoms. The first kappa shape index (κ1) is 21.5. The molecule has 1 N–H and O–H groups in total. The first-order valence-electron chi connectivity index (χ1n) is 12.4. The molecule has 2 unspecified atom stereocenters. The summed E-state index contributed by atoms with van der Waals surface area (Å²) in [6.07, 6.45) is 6.17. The number of rotatable bonds is 4. The zero-order chi connectivity index (χ0) is 24.4. The second-order valence-electron chi connectivity index (χ2n) is 9.92. The molecule has 2 bridgehead atoms. The summed E-state index contributed by atoms with van der Waals surface area (Å²) < 4.78 is 23.1. The van der Waals surface area contributed by atoms with Crippen LogP contribution in [0.2, 0.25) is 0 Å². The van der Waals surface area contributed by atoms with Gasteiger partial charge in [-0.15, -0.1) is 0 Å². The number of nitrogens with zero attached hydrogens (tertiary/aromatic N) is 6. The van der Waals surface area contributed by atoms with E-state index in [9.17, 15) is 4.79 Å². The Morgan fingerprint density at radius 3 is 2.83 bits per heavy atom. The van der Waals surface area contributed by atoms with E-state index in [-0.39, 0.29) is 29.7 Å². The monoisotopic (exact) mass is 487 g/mol. The van der Waals surface area contributed by atoms with Gasteiger partial charge in [0.1, 0.15) is 11.6 Å². The van der Waals surface area contributed by atoms with Gasteiger partial charge in [0, 0.05) is 46.8 Å². The predicted octanol–water partition coefficient (Wildman–Crippen LogP) is 3.69. The van der Waals surface area contributed by atoms with Crippen molar-refractivity contribution in [2.24, 2.45) is 5.92 Å². The van der Waals surface area contributed by atoms with Crippen LogP contribution < -0.4 is 9.80 Å². The second-order valence-corrected chi connectivity index (χ2v) is 9.92. The van der Waals surface area contributed by atoms with Gasteiger partial charge in [-0.05, 0) is 50.5 Å². The van der Waals surface area contributed by atoms with Crippen molar-refractivity contribution in [3.8, 4) is 16.9 Å². The van der Waals surface area contributed by atoms with Crippen LogP contribution in [0.5, 0.6) is 0 Å². The van der Waals surface area contributed by atoms with E-state index in [0.29, 0.717) is 48.0 Å². The van der Waals surface area contributed by atoms with Gasteiger partial charge in [-0.3, -0.25) is 9.89 Å². The number of hydrogen-bond acceptors (Lipinski definition) is 6. The number of halogens is 1. The van der Waals surface area contributed by atoms with Gasteiger partial charge in [0.25, 0.3) is 0 Å². The number of aromatic amines is 1. The van der Waals surface area contributed by atoms with Crippen LogP contribution in [-0.4, -0.2) is 62.7 Å². The van der Waals surface area contributed by atoms with Gasteiger partial charge < -0.3 is 14.5 Å². The highest BCUT2D eigenvalue weighted by Crippen LogP contribution is 2.42. The number of hydrogen-bond donors (Lipinski definition) is 1. The summed E-state index contributed by atoms with van der Waals surface area (Å²) in [6.45, 7) is 3.99. The van der Waals surface area contributed by atoms with E-state index in [1.165, 1.54) is 6.07 Å². The fourth-order valence-electron chi connectivity index (χ4n) is 5.97. The van der Waals surface area contributed by atoms with Gasteiger partial charge in [0.15, 0.2) is 11.5 Å². The number of carbonyl (C=O) groups excluding carboxylic acids is 1. The van der Waals surface area contributed by atoms with Gasteiger partial charge in [0.05, 0.1) is 31.6 Å². The van der Waals surface area contributed by atoms with Crippen LogP contribution in [-0.2, 0) is 9.53 Å². The number of anilines is 2. The molecule has 10 heteroatoms. The number of pyridine rings is 1. The number of ether oxygens (including phenoxy) is 1. The van der Waals surface area contributed by atoms with Crippen LogP contribution >= 0.6 is 0 Å². The molecule has 0 radical (unpaired) electrons. The molecule has 5 heterocycles. The number of nitrogens with one attached hydrogen (secondary N) is 1. The Kier molecular flexibility index (Phi) is 4.85. The molecular weight excluding hydrogens is 461 g/mol. The third-order valence-corrected chi connectivity index (χ3v) is 7.78. The average molecular weight is 488 g/mol. The minimum Gasteiger partial charge on any atom is -0.377 e. The Bertz CT molecular complexity index is 1470. The van der Waals surface area contributed by atoms with Crippen molar-refractivity contribution in [2.45, 2.75) is 38.3 Å². The molecule has 3 aromatic heterocycles. The fraction of sp³-hybridized carbons (Fsp3) is 0.385. The maximum absolute atomic E-state index is 15.8. The van der Waals surface area contributed by atoms with Crippen molar-refractivity contribution in [1.82, 2.24) is 25.0 Å². The zero-order valence-electron chi connectivity index (χ0n) is 19.9. The molecular formula is C26H26FN7O2. The number of piperidine rings is 1. The highest BCUT2D eigenvalue weighted by molar-refractivity contribution is 6.00. The van der Waals surface area contributed by atoms with Gasteiger partial charge in [-0.1, -0.05) is 0 Å². The molecule has 2 aliphatic heterocycles. The van der Waals surface area contributed by atoms with Crippen LogP contribution in [0.25, 0.3) is 28.0 Å². The summed E-state index contributed by atoms with van der Waals surface area (Å²) in [5, 5.41) is 12.2. The minimum absolute atomic E-state index is 0.0870. The van der Waals surface area contributed by atoms with Crippen LogP contribution in [0.1, 0.15) is 26.2 Å². The van der Waals surface area contributed by atoms with Crippen molar-refractivity contribution >= 4 is 28.4 Å². The van der Waals surface area contributed by atoms with E-state index in [2.05, 4.69) is 27.1 Å². The fourth-order valence-corrected chi connectivity index (χ4v) is 5.97. The average Bonchev–Trinajstić information content (AvgIpc) is 3.68. The number of carbonyl (C=O) groups is 1. The van der Waals surface area contributed by atoms with Crippen molar-refractivity contribution in [3.63, 3.8) is 0 Å². The van der Waals surface area contributed by atoms with E-state index < -0.39 is 0 Å². The normalized spacial score (nSPS) is 23.8. The van der Waals surface area contributed by atoms with E-state index in [0.717, 1.165) is 30.5 Å². The lowest BCUT2D eigenvalue weighted by Crippen LogP contribution is -2.44. The maximum atomic E-state index is 15.8. The number of amides is 1. The summed E-state index contributed by atoms with van der Waals surface area (Å²) in [7, 11) is 0. The predicted molar refractivity (Wildman–Crippen MR) is 133 cm³/mol. The molecule has 4 aromatic rings. The van der Waals surface area contributed by atoms with Gasteiger partial charge in [0.2, 0.25) is 5.91 Å². The van der Waals surface area contributed by atoms with Crippen LogP contribution in [0, 0.1) is 11.7 Å². The van der Waals surface area contributed by atoms with Crippen LogP contribution in [0.15, 0.2) is 42.7 Å². The Hall–Kier alpha value is -3.79. The highest BCUT2D eigenvalue weighted by Gasteiger charge is 2.45. The molecule has 9 nitrogen and oxygen atoms in total. The SMILES string of the molecule is C[C@@H]1COCCN1c1cc(-c2ccc(N3C(=O)C4CCC3C4)cc2F)c2cnn(-c3ccn[nH]3)c2n1. The van der Waals surface area contributed by atoms with E-state index in [4.69, 9.17) is 9.72 Å². The van der Waals surface area contributed by atoms with E-state index >= 15 is 4.39 Å². The third kappa shape index (κ3) is 3.24. The Morgan fingerprint density at radius 1 is 1.17 bits per heavy atom. The van der Waals surface area contributed by atoms with Crippen molar-refractivity contribution < 1.29 is 13.9 Å². The topological polar surface area (TPSA) is 92.2 Å². The maximum Gasteiger partial charge on any atom is 0.230 e. The molecule has 3 atom stereocenters. The van der Waals surface area contributed by atoms with Crippen molar-refractivity contribution in [2.75, 3.05) is 29.6 Å². The molecule has 3 fully saturated rings. The Morgan fingerprint density at radius 2 is 2.08 bits per heavy atom. The van der Waals surface area contributed by atoms with Crippen LogP contribution in [0.4, 0.5) is 15.9 Å². The summed E-state index contributed by atoms with van der Waals surface area (Å²) in [4.78, 5) is 21.7. The third-order valence-electron chi connectivity index (χ3n) is 7.78. The number of fused-ring (bicyclic) bond motifs is 3.